The molecule has 0 bridgehead atoms. The fourth-order valence-electron chi connectivity index (χ4n) is 1.87. The van der Waals surface area contributed by atoms with Gasteiger partial charge in [-0.1, -0.05) is 17.3 Å². The van der Waals surface area contributed by atoms with E-state index in [0.29, 0.717) is 24.2 Å². The zero-order valence-corrected chi connectivity index (χ0v) is 9.27. The molecule has 0 unspecified atom stereocenters. The second kappa shape index (κ2) is 4.95. The predicted molar refractivity (Wildman–Crippen MR) is 60.5 cm³/mol. The van der Waals surface area contributed by atoms with Crippen LogP contribution in [0.1, 0.15) is 18.4 Å². The van der Waals surface area contributed by atoms with E-state index in [9.17, 15) is 9.18 Å². The molecular formula is C12H13FN2O2. The maximum Gasteiger partial charge on any atom is 0.222 e. The molecule has 0 radical (unpaired) electrons. The first kappa shape index (κ1) is 11.6. The van der Waals surface area contributed by atoms with Gasteiger partial charge in [-0.15, -0.1) is 0 Å². The standard InChI is InChI=1S/C12H13FN2O2/c13-10-5-3-9(4-6-10)11(14-17)8-15-7-1-2-12(15)16/h3-6,17H,1-2,7-8H2. The van der Waals surface area contributed by atoms with Gasteiger partial charge in [0.05, 0.1) is 6.54 Å². The number of rotatable bonds is 3. The summed E-state index contributed by atoms with van der Waals surface area (Å²) in [6.45, 7) is 0.944. The van der Waals surface area contributed by atoms with E-state index >= 15 is 0 Å². The van der Waals surface area contributed by atoms with Crippen molar-refractivity contribution in [3.8, 4) is 0 Å². The number of hydrogen-bond donors (Lipinski definition) is 1. The normalized spacial score (nSPS) is 16.6. The van der Waals surface area contributed by atoms with E-state index in [0.717, 1.165) is 6.42 Å². The van der Waals surface area contributed by atoms with Crippen molar-refractivity contribution < 1.29 is 14.4 Å². The number of benzene rings is 1. The summed E-state index contributed by atoms with van der Waals surface area (Å²) >= 11 is 0. The Kier molecular flexibility index (Phi) is 3.37. The zero-order chi connectivity index (χ0) is 12.3. The molecule has 1 N–H and O–H groups in total. The lowest BCUT2D eigenvalue weighted by molar-refractivity contribution is -0.127. The van der Waals surface area contributed by atoms with Crippen molar-refractivity contribution in [1.82, 2.24) is 4.90 Å². The van der Waals surface area contributed by atoms with Gasteiger partial charge in [0.2, 0.25) is 5.91 Å². The third kappa shape index (κ3) is 2.61. The van der Waals surface area contributed by atoms with Gasteiger partial charge in [0.1, 0.15) is 11.5 Å². The van der Waals surface area contributed by atoms with Crippen LogP contribution in [0.3, 0.4) is 0 Å². The van der Waals surface area contributed by atoms with Gasteiger partial charge in [-0.25, -0.2) is 4.39 Å². The van der Waals surface area contributed by atoms with E-state index in [4.69, 9.17) is 5.21 Å². The van der Waals surface area contributed by atoms with E-state index in [2.05, 4.69) is 5.16 Å². The first-order valence-electron chi connectivity index (χ1n) is 5.45. The molecule has 0 spiro atoms. The molecule has 90 valence electrons. The highest BCUT2D eigenvalue weighted by Gasteiger charge is 2.22. The molecule has 17 heavy (non-hydrogen) atoms. The molecule has 0 atom stereocenters. The van der Waals surface area contributed by atoms with Crippen LogP contribution in [0, 0.1) is 5.82 Å². The highest BCUT2D eigenvalue weighted by molar-refractivity contribution is 6.03. The molecule has 2 rings (SSSR count). The minimum atomic E-state index is -0.344. The average Bonchev–Trinajstić information content (AvgIpc) is 2.73. The number of hydrogen-bond acceptors (Lipinski definition) is 3. The van der Waals surface area contributed by atoms with Crippen molar-refractivity contribution >= 4 is 11.6 Å². The summed E-state index contributed by atoms with van der Waals surface area (Å²) in [5, 5.41) is 12.1. The third-order valence-electron chi connectivity index (χ3n) is 2.81. The van der Waals surface area contributed by atoms with Crippen molar-refractivity contribution in [3.05, 3.63) is 35.6 Å². The van der Waals surface area contributed by atoms with Gasteiger partial charge in [0.15, 0.2) is 0 Å². The van der Waals surface area contributed by atoms with Crippen LogP contribution < -0.4 is 0 Å². The molecule has 0 aliphatic carbocycles. The molecule has 1 aromatic rings. The van der Waals surface area contributed by atoms with Crippen LogP contribution in [0.15, 0.2) is 29.4 Å². The Morgan fingerprint density at radius 3 is 2.65 bits per heavy atom. The predicted octanol–water partition coefficient (Wildman–Crippen LogP) is 1.63. The molecule has 1 saturated heterocycles. The van der Waals surface area contributed by atoms with Gasteiger partial charge < -0.3 is 10.1 Å². The summed E-state index contributed by atoms with van der Waals surface area (Å²) in [4.78, 5) is 13.1. The molecule has 1 heterocycles. The molecule has 1 amide bonds. The van der Waals surface area contributed by atoms with Crippen molar-refractivity contribution in [2.75, 3.05) is 13.1 Å². The quantitative estimate of drug-likeness (QED) is 0.492. The second-order valence-electron chi connectivity index (χ2n) is 3.97. The minimum Gasteiger partial charge on any atom is -0.411 e. The molecule has 4 nitrogen and oxygen atoms in total. The SMILES string of the molecule is O=C1CCCN1CC(=NO)c1ccc(F)cc1. The minimum absolute atomic E-state index is 0.0632. The van der Waals surface area contributed by atoms with E-state index in [1.807, 2.05) is 0 Å². The Morgan fingerprint density at radius 2 is 2.12 bits per heavy atom. The monoisotopic (exact) mass is 236 g/mol. The van der Waals surface area contributed by atoms with E-state index in [1.54, 1.807) is 4.90 Å². The second-order valence-corrected chi connectivity index (χ2v) is 3.97. The highest BCUT2D eigenvalue weighted by Crippen LogP contribution is 2.12. The first-order valence-corrected chi connectivity index (χ1v) is 5.45. The Hall–Kier alpha value is -1.91. The number of halogens is 1. The van der Waals surface area contributed by atoms with Crippen LogP contribution >= 0.6 is 0 Å². The van der Waals surface area contributed by atoms with E-state index in [1.165, 1.54) is 24.3 Å². The number of carbonyl (C=O) groups is 1. The fraction of sp³-hybridized carbons (Fsp3) is 0.333. The number of likely N-dealkylation sites (tertiary alicyclic amines) is 1. The molecule has 5 heteroatoms. The summed E-state index contributed by atoms with van der Waals surface area (Å²) in [7, 11) is 0. The van der Waals surface area contributed by atoms with Crippen molar-refractivity contribution in [2.45, 2.75) is 12.8 Å². The van der Waals surface area contributed by atoms with E-state index in [-0.39, 0.29) is 18.3 Å². The van der Waals surface area contributed by atoms with Crippen LogP contribution in [0.25, 0.3) is 0 Å². The molecule has 1 aliphatic rings. The Labute approximate surface area is 98.3 Å². The summed E-state index contributed by atoms with van der Waals surface area (Å²) in [5.41, 5.74) is 0.994. The zero-order valence-electron chi connectivity index (χ0n) is 9.27. The van der Waals surface area contributed by atoms with Crippen LogP contribution in [0.5, 0.6) is 0 Å². The van der Waals surface area contributed by atoms with Crippen LogP contribution in [-0.2, 0) is 4.79 Å². The van der Waals surface area contributed by atoms with Gasteiger partial charge >= 0.3 is 0 Å². The molecule has 0 saturated carbocycles. The smallest absolute Gasteiger partial charge is 0.222 e. The van der Waals surface area contributed by atoms with Gasteiger partial charge in [0.25, 0.3) is 0 Å². The molecule has 1 fully saturated rings. The van der Waals surface area contributed by atoms with Gasteiger partial charge in [-0.05, 0) is 18.6 Å². The van der Waals surface area contributed by atoms with Gasteiger partial charge in [0, 0.05) is 18.5 Å². The molecule has 1 aliphatic heterocycles. The summed E-state index contributed by atoms with van der Waals surface area (Å²) in [6, 6.07) is 5.66. The lowest BCUT2D eigenvalue weighted by Crippen LogP contribution is -2.31. The summed E-state index contributed by atoms with van der Waals surface area (Å²) < 4.78 is 12.8. The van der Waals surface area contributed by atoms with Crippen LogP contribution in [-0.4, -0.2) is 34.8 Å². The molecule has 1 aromatic carbocycles. The number of carbonyl (C=O) groups excluding carboxylic acids is 1. The Morgan fingerprint density at radius 1 is 1.41 bits per heavy atom. The number of oxime groups is 1. The van der Waals surface area contributed by atoms with Crippen molar-refractivity contribution in [1.29, 1.82) is 0 Å². The largest absolute Gasteiger partial charge is 0.411 e. The van der Waals surface area contributed by atoms with Crippen molar-refractivity contribution in [2.24, 2.45) is 5.16 Å². The Bertz CT molecular complexity index is 442. The topological polar surface area (TPSA) is 52.9 Å². The summed E-state index contributed by atoms with van der Waals surface area (Å²) in [5.74, 6) is -0.281. The van der Waals surface area contributed by atoms with Gasteiger partial charge in [-0.2, -0.15) is 0 Å². The van der Waals surface area contributed by atoms with E-state index < -0.39 is 0 Å². The fourth-order valence-corrected chi connectivity index (χ4v) is 1.87. The average molecular weight is 236 g/mol. The summed E-state index contributed by atoms with van der Waals surface area (Å²) in [6.07, 6.45) is 1.38. The maximum atomic E-state index is 12.8. The number of amides is 1. The maximum absolute atomic E-state index is 12.8. The molecular weight excluding hydrogens is 223 g/mol. The third-order valence-corrected chi connectivity index (χ3v) is 2.81. The van der Waals surface area contributed by atoms with Crippen molar-refractivity contribution in [3.63, 3.8) is 0 Å². The highest BCUT2D eigenvalue weighted by atomic mass is 19.1. The van der Waals surface area contributed by atoms with Gasteiger partial charge in [-0.3, -0.25) is 4.79 Å². The lowest BCUT2D eigenvalue weighted by Gasteiger charge is -2.16. The first-order chi connectivity index (χ1) is 8.20. The Balaban J connectivity index is 2.12. The number of nitrogens with zero attached hydrogens (tertiary/aromatic N) is 2. The van der Waals surface area contributed by atoms with Crippen LogP contribution in [0.4, 0.5) is 4.39 Å². The van der Waals surface area contributed by atoms with Crippen LogP contribution in [0.2, 0.25) is 0 Å². The lowest BCUT2D eigenvalue weighted by atomic mass is 10.1. The molecule has 0 aromatic heterocycles.